The molecule has 0 radical (unpaired) electrons. The van der Waals surface area contributed by atoms with Gasteiger partial charge in [0, 0.05) is 11.7 Å². The number of carbonyl (C=O) groups excluding carboxylic acids is 1. The minimum Gasteiger partial charge on any atom is -0.494 e. The van der Waals surface area contributed by atoms with Gasteiger partial charge in [-0.1, -0.05) is 31.4 Å². The van der Waals surface area contributed by atoms with E-state index in [1.165, 1.54) is 24.6 Å². The number of carbonyl (C=O) groups is 1. The zero-order valence-corrected chi connectivity index (χ0v) is 18.7. The van der Waals surface area contributed by atoms with Gasteiger partial charge >= 0.3 is 0 Å². The zero-order chi connectivity index (χ0) is 21.7. The highest BCUT2D eigenvalue weighted by molar-refractivity contribution is 7.92. The molecule has 2 N–H and O–H groups in total. The highest BCUT2D eigenvalue weighted by atomic mass is 35.5. The van der Waals surface area contributed by atoms with Crippen LogP contribution in [0.1, 0.15) is 49.9 Å². The molecule has 1 aliphatic rings. The van der Waals surface area contributed by atoms with Crippen LogP contribution in [-0.2, 0) is 10.0 Å². The van der Waals surface area contributed by atoms with Crippen molar-refractivity contribution in [3.05, 3.63) is 53.1 Å². The smallest absolute Gasteiger partial charge is 0.261 e. The molecule has 3 rings (SSSR count). The van der Waals surface area contributed by atoms with Gasteiger partial charge in [-0.05, 0) is 68.1 Å². The summed E-state index contributed by atoms with van der Waals surface area (Å²) in [6, 6.07) is 10.8. The van der Waals surface area contributed by atoms with Gasteiger partial charge in [0.15, 0.2) is 0 Å². The van der Waals surface area contributed by atoms with E-state index in [1.807, 2.05) is 6.92 Å². The van der Waals surface area contributed by atoms with Gasteiger partial charge in [0.2, 0.25) is 0 Å². The molecule has 0 heterocycles. The highest BCUT2D eigenvalue weighted by Gasteiger charge is 2.25. The van der Waals surface area contributed by atoms with E-state index in [1.54, 1.807) is 24.3 Å². The Morgan fingerprint density at radius 2 is 1.83 bits per heavy atom. The number of hydrogen-bond donors (Lipinski definition) is 2. The lowest BCUT2D eigenvalue weighted by Gasteiger charge is -2.29. The maximum atomic E-state index is 12.8. The summed E-state index contributed by atoms with van der Waals surface area (Å²) < 4.78 is 33.5. The summed E-state index contributed by atoms with van der Waals surface area (Å²) in [4.78, 5) is 12.8. The fourth-order valence-electron chi connectivity index (χ4n) is 3.62. The second kappa shape index (κ2) is 9.71. The number of rotatable bonds is 7. The van der Waals surface area contributed by atoms with Crippen LogP contribution in [0.25, 0.3) is 0 Å². The Morgan fingerprint density at radius 3 is 2.50 bits per heavy atom. The molecule has 0 unspecified atom stereocenters. The average molecular weight is 451 g/mol. The Balaban J connectivity index is 1.78. The lowest BCUT2D eigenvalue weighted by molar-refractivity contribution is 0.0910. The molecule has 0 spiro atoms. The van der Waals surface area contributed by atoms with Crippen LogP contribution in [0.15, 0.2) is 47.4 Å². The van der Waals surface area contributed by atoms with Crippen molar-refractivity contribution in [1.29, 1.82) is 0 Å². The molecule has 6 nitrogen and oxygen atoms in total. The van der Waals surface area contributed by atoms with Crippen molar-refractivity contribution in [2.75, 3.05) is 11.3 Å². The van der Waals surface area contributed by atoms with Crippen LogP contribution in [0.3, 0.4) is 0 Å². The van der Waals surface area contributed by atoms with Gasteiger partial charge in [0.1, 0.15) is 5.75 Å². The van der Waals surface area contributed by atoms with E-state index in [4.69, 9.17) is 16.3 Å². The van der Waals surface area contributed by atoms with Crippen molar-refractivity contribution < 1.29 is 17.9 Å². The third-order valence-corrected chi connectivity index (χ3v) is 7.05. The van der Waals surface area contributed by atoms with Gasteiger partial charge in [-0.3, -0.25) is 9.52 Å². The van der Waals surface area contributed by atoms with Crippen LogP contribution >= 0.6 is 11.6 Å². The Bertz CT molecular complexity index is 993. The molecule has 0 bridgehead atoms. The minimum absolute atomic E-state index is 0.0253. The van der Waals surface area contributed by atoms with Crippen LogP contribution in [0.5, 0.6) is 5.75 Å². The van der Waals surface area contributed by atoms with Crippen molar-refractivity contribution in [2.45, 2.75) is 50.5 Å². The van der Waals surface area contributed by atoms with Crippen molar-refractivity contribution in [3.63, 3.8) is 0 Å². The third-order valence-electron chi connectivity index (χ3n) is 5.34. The van der Waals surface area contributed by atoms with Gasteiger partial charge in [0.05, 0.1) is 22.1 Å². The molecule has 1 amide bonds. The molecule has 0 aliphatic heterocycles. The van der Waals surface area contributed by atoms with E-state index >= 15 is 0 Å². The average Bonchev–Trinajstić information content (AvgIpc) is 2.71. The molecule has 1 fully saturated rings. The summed E-state index contributed by atoms with van der Waals surface area (Å²) in [6.07, 6.45) is 4.23. The number of anilines is 1. The fraction of sp³-hybridized carbons (Fsp3) is 0.409. The number of ether oxygens (including phenoxy) is 1. The highest BCUT2D eigenvalue weighted by Crippen LogP contribution is 2.26. The molecule has 2 aromatic rings. The zero-order valence-electron chi connectivity index (χ0n) is 17.2. The molecule has 30 heavy (non-hydrogen) atoms. The van der Waals surface area contributed by atoms with E-state index in [0.717, 1.165) is 19.3 Å². The summed E-state index contributed by atoms with van der Waals surface area (Å²) in [7, 11) is -3.88. The van der Waals surface area contributed by atoms with Crippen LogP contribution in [0.2, 0.25) is 5.02 Å². The molecule has 1 aliphatic carbocycles. The largest absolute Gasteiger partial charge is 0.494 e. The maximum Gasteiger partial charge on any atom is 0.261 e. The normalized spacial score (nSPS) is 19.2. The second-order valence-electron chi connectivity index (χ2n) is 7.55. The summed E-state index contributed by atoms with van der Waals surface area (Å²) in [5.74, 6) is 0.689. The molecular formula is C22H27ClN2O4S. The van der Waals surface area contributed by atoms with Gasteiger partial charge in [-0.2, -0.15) is 0 Å². The SMILES string of the molecule is CCOc1ccc(NS(=O)(=O)c2ccc(Cl)c(C(=O)N[C@H]3CCCC[C@H]3C)c2)cc1. The number of hydrogen-bond acceptors (Lipinski definition) is 4. The standard InChI is InChI=1S/C22H27ClN2O4S/c1-3-29-17-10-8-16(9-11-17)25-30(27,28)18-12-13-20(23)19(14-18)22(26)24-21-7-5-4-6-15(21)2/h8-15,21,25H,3-7H2,1-2H3,(H,24,26)/t15-,21+/m1/s1. The fourth-order valence-corrected chi connectivity index (χ4v) is 4.91. The maximum absolute atomic E-state index is 12.8. The van der Waals surface area contributed by atoms with Crippen molar-refractivity contribution in [2.24, 2.45) is 5.92 Å². The lowest BCUT2D eigenvalue weighted by Crippen LogP contribution is -2.41. The predicted octanol–water partition coefficient (Wildman–Crippen LogP) is 4.85. The van der Waals surface area contributed by atoms with Crippen molar-refractivity contribution in [3.8, 4) is 5.75 Å². The Labute approximate surface area is 183 Å². The minimum atomic E-state index is -3.88. The van der Waals surface area contributed by atoms with Crippen LogP contribution in [0.4, 0.5) is 5.69 Å². The molecule has 2 atom stereocenters. The molecule has 8 heteroatoms. The molecule has 1 saturated carbocycles. The Hall–Kier alpha value is -2.25. The second-order valence-corrected chi connectivity index (χ2v) is 9.64. The van der Waals surface area contributed by atoms with Crippen LogP contribution in [0, 0.1) is 5.92 Å². The summed E-state index contributed by atoms with van der Waals surface area (Å²) >= 11 is 6.21. The summed E-state index contributed by atoms with van der Waals surface area (Å²) in [6.45, 7) is 4.52. The van der Waals surface area contributed by atoms with Crippen molar-refractivity contribution in [1.82, 2.24) is 5.32 Å². The summed E-state index contributed by atoms with van der Waals surface area (Å²) in [5, 5.41) is 3.24. The molecule has 0 aromatic heterocycles. The van der Waals surface area contributed by atoms with E-state index in [-0.39, 0.29) is 27.4 Å². The molecule has 2 aromatic carbocycles. The first kappa shape index (κ1) is 22.4. The predicted molar refractivity (Wildman–Crippen MR) is 119 cm³/mol. The van der Waals surface area contributed by atoms with Crippen LogP contribution < -0.4 is 14.8 Å². The van der Waals surface area contributed by atoms with E-state index in [9.17, 15) is 13.2 Å². The summed E-state index contributed by atoms with van der Waals surface area (Å²) in [5.41, 5.74) is 0.555. The number of halogens is 1. The topological polar surface area (TPSA) is 84.5 Å². The van der Waals surface area contributed by atoms with Gasteiger partial charge < -0.3 is 10.1 Å². The number of sulfonamides is 1. The molecule has 0 saturated heterocycles. The Morgan fingerprint density at radius 1 is 1.13 bits per heavy atom. The van der Waals surface area contributed by atoms with Crippen LogP contribution in [-0.4, -0.2) is 27.0 Å². The first-order chi connectivity index (χ1) is 14.3. The van der Waals surface area contributed by atoms with Gasteiger partial charge in [-0.15, -0.1) is 0 Å². The lowest BCUT2D eigenvalue weighted by atomic mass is 9.86. The molecular weight excluding hydrogens is 424 g/mol. The third kappa shape index (κ3) is 5.46. The van der Waals surface area contributed by atoms with Gasteiger partial charge in [0.25, 0.3) is 15.9 Å². The van der Waals surface area contributed by atoms with E-state index in [0.29, 0.717) is 24.0 Å². The first-order valence-electron chi connectivity index (χ1n) is 10.2. The first-order valence-corrected chi connectivity index (χ1v) is 12.0. The Kier molecular flexibility index (Phi) is 7.26. The number of amides is 1. The molecule has 162 valence electrons. The number of benzene rings is 2. The monoisotopic (exact) mass is 450 g/mol. The van der Waals surface area contributed by atoms with E-state index in [2.05, 4.69) is 17.0 Å². The quantitative estimate of drug-likeness (QED) is 0.631. The number of nitrogens with one attached hydrogen (secondary N) is 2. The van der Waals surface area contributed by atoms with Crippen molar-refractivity contribution >= 4 is 33.2 Å². The van der Waals surface area contributed by atoms with E-state index < -0.39 is 10.0 Å². The van der Waals surface area contributed by atoms with Gasteiger partial charge in [-0.25, -0.2) is 8.42 Å².